The summed E-state index contributed by atoms with van der Waals surface area (Å²) in [6.07, 6.45) is 5.14. The Morgan fingerprint density at radius 3 is 2.43 bits per heavy atom. The van der Waals surface area contributed by atoms with E-state index < -0.39 is 0 Å². The molecule has 2 aliphatic rings. The van der Waals surface area contributed by atoms with E-state index in [0.29, 0.717) is 12.1 Å². The van der Waals surface area contributed by atoms with Crippen LogP contribution in [0.3, 0.4) is 0 Å². The van der Waals surface area contributed by atoms with Crippen molar-refractivity contribution in [2.24, 2.45) is 5.73 Å². The number of H-pyrrole nitrogens is 1. The summed E-state index contributed by atoms with van der Waals surface area (Å²) in [5.41, 5.74) is 10.7. The number of aromatic amines is 1. The minimum atomic E-state index is -0.311. The fraction of sp³-hybridized carbons (Fsp3) is 0.455. The maximum atomic E-state index is 12.8. The third-order valence-electron chi connectivity index (χ3n) is 5.87. The zero-order valence-electron chi connectivity index (χ0n) is 17.3. The number of nitrogens with one attached hydrogen (secondary N) is 2. The van der Waals surface area contributed by atoms with Crippen molar-refractivity contribution < 1.29 is 9.59 Å². The quantitative estimate of drug-likeness (QED) is 0.418. The van der Waals surface area contributed by atoms with Crippen LogP contribution in [0.1, 0.15) is 18.4 Å². The highest BCUT2D eigenvalue weighted by molar-refractivity contribution is 6.34. The highest BCUT2D eigenvalue weighted by Gasteiger charge is 2.32. The standard InChI is InChI=1S/C22H30N6O2/c23-7-3-9-26-11-13-27(14-12-26)10-4-8-25-28-21(29)15-18(22(28)30)19-16-24-20-6-2-1-5-17(19)20/h1-2,5-6,15-16,24-25H,3-4,7-14,23H2. The van der Waals surface area contributed by atoms with Crippen LogP contribution >= 0.6 is 0 Å². The number of rotatable bonds is 9. The second-order valence-corrected chi connectivity index (χ2v) is 7.87. The molecule has 0 aliphatic carbocycles. The molecular weight excluding hydrogens is 380 g/mol. The molecule has 8 heteroatoms. The Morgan fingerprint density at radius 1 is 1.00 bits per heavy atom. The lowest BCUT2D eigenvalue weighted by molar-refractivity contribution is -0.140. The van der Waals surface area contributed by atoms with E-state index in [1.165, 1.54) is 6.08 Å². The summed E-state index contributed by atoms with van der Waals surface area (Å²) in [4.78, 5) is 33.2. The van der Waals surface area contributed by atoms with Gasteiger partial charge in [-0.2, -0.15) is 0 Å². The highest BCUT2D eigenvalue weighted by Crippen LogP contribution is 2.29. The number of carbonyl (C=O) groups is 2. The van der Waals surface area contributed by atoms with E-state index in [1.54, 1.807) is 6.20 Å². The van der Waals surface area contributed by atoms with Crippen molar-refractivity contribution in [1.82, 2.24) is 25.2 Å². The van der Waals surface area contributed by atoms with Gasteiger partial charge in [-0.15, -0.1) is 0 Å². The van der Waals surface area contributed by atoms with Crippen molar-refractivity contribution >= 4 is 28.3 Å². The maximum absolute atomic E-state index is 12.8. The Kier molecular flexibility index (Phi) is 6.59. The van der Waals surface area contributed by atoms with E-state index in [-0.39, 0.29) is 11.8 Å². The van der Waals surface area contributed by atoms with E-state index in [9.17, 15) is 9.59 Å². The predicted molar refractivity (Wildman–Crippen MR) is 117 cm³/mol. The van der Waals surface area contributed by atoms with Crippen LogP contribution < -0.4 is 11.2 Å². The van der Waals surface area contributed by atoms with Crippen molar-refractivity contribution in [2.45, 2.75) is 12.8 Å². The van der Waals surface area contributed by atoms with Crippen LogP contribution in [0, 0.1) is 0 Å². The van der Waals surface area contributed by atoms with Crippen LogP contribution in [0.15, 0.2) is 36.5 Å². The Balaban J connectivity index is 1.24. The average Bonchev–Trinajstić information content (AvgIpc) is 3.31. The summed E-state index contributed by atoms with van der Waals surface area (Å²) in [7, 11) is 0. The first-order valence-corrected chi connectivity index (χ1v) is 10.7. The zero-order valence-corrected chi connectivity index (χ0v) is 17.3. The molecule has 0 radical (unpaired) electrons. The van der Waals surface area contributed by atoms with Gasteiger partial charge in [-0.05, 0) is 38.5 Å². The minimum Gasteiger partial charge on any atom is -0.361 e. The number of amides is 2. The SMILES string of the molecule is NCCCN1CCN(CCCNN2C(=O)C=C(c3c[nH]c4ccccc34)C2=O)CC1. The van der Waals surface area contributed by atoms with Gasteiger partial charge in [-0.3, -0.25) is 9.59 Å². The number of nitrogens with zero attached hydrogens (tertiary/aromatic N) is 3. The molecule has 0 saturated carbocycles. The van der Waals surface area contributed by atoms with Crippen molar-refractivity contribution in [3.63, 3.8) is 0 Å². The molecule has 4 rings (SSSR count). The van der Waals surface area contributed by atoms with Crippen LogP contribution in [0.25, 0.3) is 16.5 Å². The molecule has 0 atom stereocenters. The summed E-state index contributed by atoms with van der Waals surface area (Å²) in [5, 5.41) is 2.08. The molecule has 1 aromatic carbocycles. The van der Waals surface area contributed by atoms with Gasteiger partial charge < -0.3 is 20.5 Å². The van der Waals surface area contributed by atoms with Gasteiger partial charge >= 0.3 is 0 Å². The molecule has 160 valence electrons. The Hall–Kier alpha value is -2.52. The number of aromatic nitrogens is 1. The number of carbonyl (C=O) groups excluding carboxylic acids is 2. The van der Waals surface area contributed by atoms with E-state index >= 15 is 0 Å². The third kappa shape index (κ3) is 4.46. The van der Waals surface area contributed by atoms with E-state index in [2.05, 4.69) is 20.2 Å². The second kappa shape index (κ2) is 9.53. The first-order chi connectivity index (χ1) is 14.7. The summed E-state index contributed by atoms with van der Waals surface area (Å²) in [6, 6.07) is 7.77. The predicted octanol–water partition coefficient (Wildman–Crippen LogP) is 0.781. The number of imide groups is 1. The molecule has 3 heterocycles. The van der Waals surface area contributed by atoms with Gasteiger partial charge in [-0.25, -0.2) is 10.4 Å². The van der Waals surface area contributed by atoms with Crippen molar-refractivity contribution in [2.75, 3.05) is 52.4 Å². The van der Waals surface area contributed by atoms with Crippen molar-refractivity contribution in [3.05, 3.63) is 42.1 Å². The molecule has 2 aromatic rings. The number of nitrogens with two attached hydrogens (primary N) is 1. The van der Waals surface area contributed by atoms with Crippen LogP contribution in [-0.4, -0.2) is 84.0 Å². The number of piperazine rings is 1. The number of hydrazine groups is 1. The molecule has 0 spiro atoms. The summed E-state index contributed by atoms with van der Waals surface area (Å²) in [5.74, 6) is -0.605. The average molecular weight is 411 g/mol. The molecule has 0 unspecified atom stereocenters. The maximum Gasteiger partial charge on any atom is 0.276 e. The summed E-state index contributed by atoms with van der Waals surface area (Å²) < 4.78 is 0. The van der Waals surface area contributed by atoms with Gasteiger partial charge in [0.1, 0.15) is 0 Å². The minimum absolute atomic E-state index is 0.293. The number of hydrogen-bond acceptors (Lipinski definition) is 6. The smallest absolute Gasteiger partial charge is 0.276 e. The fourth-order valence-electron chi connectivity index (χ4n) is 4.15. The van der Waals surface area contributed by atoms with Gasteiger partial charge in [0.15, 0.2) is 0 Å². The first kappa shape index (κ1) is 20.7. The number of para-hydroxylation sites is 1. The molecule has 2 amide bonds. The fourth-order valence-corrected chi connectivity index (χ4v) is 4.15. The Labute approximate surface area is 176 Å². The van der Waals surface area contributed by atoms with Gasteiger partial charge in [0.2, 0.25) is 0 Å². The second-order valence-electron chi connectivity index (χ2n) is 7.87. The van der Waals surface area contributed by atoms with Gasteiger partial charge in [-0.1, -0.05) is 18.2 Å². The van der Waals surface area contributed by atoms with Crippen LogP contribution in [-0.2, 0) is 9.59 Å². The Bertz CT molecular complexity index is 929. The zero-order chi connectivity index (χ0) is 20.9. The molecule has 8 nitrogen and oxygen atoms in total. The molecule has 2 aliphatic heterocycles. The van der Waals surface area contributed by atoms with Crippen molar-refractivity contribution in [1.29, 1.82) is 0 Å². The van der Waals surface area contributed by atoms with Crippen molar-refractivity contribution in [3.8, 4) is 0 Å². The lowest BCUT2D eigenvalue weighted by atomic mass is 10.1. The molecule has 1 aromatic heterocycles. The van der Waals surface area contributed by atoms with Crippen LogP contribution in [0.4, 0.5) is 0 Å². The number of benzene rings is 1. The topological polar surface area (TPSA) is 97.7 Å². The van der Waals surface area contributed by atoms with E-state index in [1.807, 2.05) is 24.3 Å². The number of fused-ring (bicyclic) bond motifs is 1. The monoisotopic (exact) mass is 410 g/mol. The van der Waals surface area contributed by atoms with E-state index in [0.717, 1.165) is 80.1 Å². The molecular formula is C22H30N6O2. The lowest BCUT2D eigenvalue weighted by Crippen LogP contribution is -2.48. The Morgan fingerprint density at radius 2 is 1.70 bits per heavy atom. The summed E-state index contributed by atoms with van der Waals surface area (Å²) in [6.45, 7) is 7.63. The first-order valence-electron chi connectivity index (χ1n) is 10.7. The molecule has 4 N–H and O–H groups in total. The largest absolute Gasteiger partial charge is 0.361 e. The molecule has 30 heavy (non-hydrogen) atoms. The van der Waals surface area contributed by atoms with E-state index in [4.69, 9.17) is 5.73 Å². The lowest BCUT2D eigenvalue weighted by Gasteiger charge is -2.34. The molecule has 0 bridgehead atoms. The third-order valence-corrected chi connectivity index (χ3v) is 5.87. The van der Waals surface area contributed by atoms with Gasteiger partial charge in [0.05, 0.1) is 5.57 Å². The molecule has 1 fully saturated rings. The van der Waals surface area contributed by atoms with Crippen LogP contribution in [0.5, 0.6) is 0 Å². The summed E-state index contributed by atoms with van der Waals surface area (Å²) >= 11 is 0. The van der Waals surface area contributed by atoms with Gasteiger partial charge in [0, 0.05) is 61.5 Å². The highest BCUT2D eigenvalue weighted by atomic mass is 16.2. The molecule has 1 saturated heterocycles. The van der Waals surface area contributed by atoms with Crippen LogP contribution in [0.2, 0.25) is 0 Å². The van der Waals surface area contributed by atoms with Gasteiger partial charge in [0.25, 0.3) is 11.8 Å². The normalized spacial score (nSPS) is 18.6. The number of hydrogen-bond donors (Lipinski definition) is 3.